The van der Waals surface area contributed by atoms with Crippen LogP contribution in [0.4, 0.5) is 4.79 Å². The SMILES string of the molecule is CCC(CC)N(CC(C)C)C(=O)NCCOCC(=O)O. The van der Waals surface area contributed by atoms with Crippen LogP contribution in [-0.4, -0.2) is 54.4 Å². The van der Waals surface area contributed by atoms with Gasteiger partial charge in [0.2, 0.25) is 0 Å². The van der Waals surface area contributed by atoms with Crippen molar-refractivity contribution in [2.24, 2.45) is 5.92 Å². The molecule has 0 saturated carbocycles. The third-order valence-corrected chi connectivity index (χ3v) is 2.95. The average molecular weight is 288 g/mol. The van der Waals surface area contributed by atoms with Gasteiger partial charge in [-0.1, -0.05) is 27.7 Å². The lowest BCUT2D eigenvalue weighted by Crippen LogP contribution is -2.48. The van der Waals surface area contributed by atoms with E-state index >= 15 is 0 Å². The highest BCUT2D eigenvalue weighted by atomic mass is 16.5. The third-order valence-electron chi connectivity index (χ3n) is 2.95. The van der Waals surface area contributed by atoms with Crippen LogP contribution < -0.4 is 5.32 Å². The monoisotopic (exact) mass is 288 g/mol. The Balaban J connectivity index is 4.23. The van der Waals surface area contributed by atoms with E-state index in [0.29, 0.717) is 19.0 Å². The molecule has 0 aromatic rings. The van der Waals surface area contributed by atoms with Gasteiger partial charge in [-0.2, -0.15) is 0 Å². The van der Waals surface area contributed by atoms with E-state index in [1.54, 1.807) is 0 Å². The van der Waals surface area contributed by atoms with Gasteiger partial charge in [0.25, 0.3) is 0 Å². The van der Waals surface area contributed by atoms with Crippen LogP contribution >= 0.6 is 0 Å². The molecule has 20 heavy (non-hydrogen) atoms. The van der Waals surface area contributed by atoms with Crippen LogP contribution in [0.1, 0.15) is 40.5 Å². The summed E-state index contributed by atoms with van der Waals surface area (Å²) in [4.78, 5) is 24.3. The van der Waals surface area contributed by atoms with Crippen molar-refractivity contribution in [2.45, 2.75) is 46.6 Å². The maximum atomic E-state index is 12.2. The first-order valence-electron chi connectivity index (χ1n) is 7.26. The zero-order valence-corrected chi connectivity index (χ0v) is 13.0. The summed E-state index contributed by atoms with van der Waals surface area (Å²) in [5.41, 5.74) is 0. The van der Waals surface area contributed by atoms with Crippen LogP contribution in [0.5, 0.6) is 0 Å². The smallest absolute Gasteiger partial charge is 0.329 e. The number of nitrogens with zero attached hydrogens (tertiary/aromatic N) is 1. The van der Waals surface area contributed by atoms with Gasteiger partial charge < -0.3 is 20.1 Å². The molecule has 0 aliphatic carbocycles. The molecule has 0 bridgehead atoms. The molecule has 0 aromatic heterocycles. The molecule has 0 saturated heterocycles. The summed E-state index contributed by atoms with van der Waals surface area (Å²) in [6.45, 7) is 9.22. The van der Waals surface area contributed by atoms with Gasteiger partial charge in [0.05, 0.1) is 6.61 Å². The molecule has 0 heterocycles. The van der Waals surface area contributed by atoms with E-state index < -0.39 is 5.97 Å². The van der Waals surface area contributed by atoms with Crippen molar-refractivity contribution < 1.29 is 19.4 Å². The van der Waals surface area contributed by atoms with E-state index in [1.165, 1.54) is 0 Å². The highest BCUT2D eigenvalue weighted by Crippen LogP contribution is 2.11. The van der Waals surface area contributed by atoms with Gasteiger partial charge in [-0.15, -0.1) is 0 Å². The lowest BCUT2D eigenvalue weighted by atomic mass is 10.1. The summed E-state index contributed by atoms with van der Waals surface area (Å²) in [6.07, 6.45) is 1.85. The molecule has 118 valence electrons. The zero-order chi connectivity index (χ0) is 15.5. The minimum Gasteiger partial charge on any atom is -0.480 e. The molecule has 0 fully saturated rings. The Bertz CT molecular complexity index is 291. The van der Waals surface area contributed by atoms with E-state index in [-0.39, 0.29) is 25.3 Å². The number of ether oxygens (including phenoxy) is 1. The largest absolute Gasteiger partial charge is 0.480 e. The summed E-state index contributed by atoms with van der Waals surface area (Å²) in [7, 11) is 0. The number of carboxylic acids is 1. The van der Waals surface area contributed by atoms with Crippen LogP contribution in [-0.2, 0) is 9.53 Å². The summed E-state index contributed by atoms with van der Waals surface area (Å²) < 4.78 is 4.89. The van der Waals surface area contributed by atoms with Gasteiger partial charge in [-0.3, -0.25) is 0 Å². The van der Waals surface area contributed by atoms with Gasteiger partial charge in [0.15, 0.2) is 0 Å². The Hall–Kier alpha value is -1.30. The van der Waals surface area contributed by atoms with Crippen molar-refractivity contribution in [1.29, 1.82) is 0 Å². The summed E-state index contributed by atoms with van der Waals surface area (Å²) in [5, 5.41) is 11.2. The second-order valence-corrected chi connectivity index (χ2v) is 5.19. The lowest BCUT2D eigenvalue weighted by molar-refractivity contribution is -0.142. The standard InChI is InChI=1S/C14H28N2O4/c1-5-12(6-2)16(9-11(3)4)14(19)15-7-8-20-10-13(17)18/h11-12H,5-10H2,1-4H3,(H,15,19)(H,17,18). The molecule has 2 N–H and O–H groups in total. The van der Waals surface area contributed by atoms with E-state index in [4.69, 9.17) is 9.84 Å². The molecular weight excluding hydrogens is 260 g/mol. The number of nitrogens with one attached hydrogen (secondary N) is 1. The quantitative estimate of drug-likeness (QED) is 0.602. The average Bonchev–Trinajstić information content (AvgIpc) is 2.37. The lowest BCUT2D eigenvalue weighted by Gasteiger charge is -2.32. The highest BCUT2D eigenvalue weighted by molar-refractivity contribution is 5.74. The number of rotatable bonds is 10. The van der Waals surface area contributed by atoms with E-state index in [1.807, 2.05) is 4.90 Å². The van der Waals surface area contributed by atoms with Gasteiger partial charge in [-0.25, -0.2) is 9.59 Å². The van der Waals surface area contributed by atoms with Crippen molar-refractivity contribution in [1.82, 2.24) is 10.2 Å². The molecule has 6 nitrogen and oxygen atoms in total. The maximum absolute atomic E-state index is 12.2. The molecule has 0 rings (SSSR count). The number of carbonyl (C=O) groups excluding carboxylic acids is 1. The highest BCUT2D eigenvalue weighted by Gasteiger charge is 2.21. The molecule has 6 heteroatoms. The first-order valence-corrected chi connectivity index (χ1v) is 7.26. The van der Waals surface area contributed by atoms with Gasteiger partial charge >= 0.3 is 12.0 Å². The second-order valence-electron chi connectivity index (χ2n) is 5.19. The van der Waals surface area contributed by atoms with Crippen LogP contribution in [0.25, 0.3) is 0 Å². The fourth-order valence-electron chi connectivity index (χ4n) is 2.01. The Morgan fingerprint density at radius 3 is 2.30 bits per heavy atom. The molecule has 0 unspecified atom stereocenters. The van der Waals surface area contributed by atoms with Crippen LogP contribution in [0.15, 0.2) is 0 Å². The van der Waals surface area contributed by atoms with Gasteiger partial charge in [0.1, 0.15) is 6.61 Å². The van der Waals surface area contributed by atoms with Crippen LogP contribution in [0.2, 0.25) is 0 Å². The minimum absolute atomic E-state index is 0.105. The predicted octanol–water partition coefficient (Wildman–Crippen LogP) is 1.94. The maximum Gasteiger partial charge on any atom is 0.329 e. The Labute approximate surface area is 121 Å². The fraction of sp³-hybridized carbons (Fsp3) is 0.857. The molecule has 0 radical (unpaired) electrons. The molecule has 0 aliphatic heterocycles. The third kappa shape index (κ3) is 7.99. The number of hydrogen-bond donors (Lipinski definition) is 2. The number of carboxylic acid groups (broad SMARTS) is 1. The molecule has 2 amide bonds. The summed E-state index contributed by atoms with van der Waals surface area (Å²) in [6, 6.07) is 0.128. The fourth-order valence-corrected chi connectivity index (χ4v) is 2.01. The van der Waals surface area contributed by atoms with E-state index in [0.717, 1.165) is 12.8 Å². The Morgan fingerprint density at radius 2 is 1.85 bits per heavy atom. The summed E-state index contributed by atoms with van der Waals surface area (Å²) in [5.74, 6) is -0.598. The number of hydrogen-bond acceptors (Lipinski definition) is 3. The van der Waals surface area contributed by atoms with Crippen molar-refractivity contribution >= 4 is 12.0 Å². The van der Waals surface area contributed by atoms with Crippen molar-refractivity contribution in [3.05, 3.63) is 0 Å². The van der Waals surface area contributed by atoms with Crippen molar-refractivity contribution in [3.63, 3.8) is 0 Å². The van der Waals surface area contributed by atoms with Crippen molar-refractivity contribution in [3.8, 4) is 0 Å². The molecule has 0 spiro atoms. The Kier molecular flexibility index (Phi) is 9.80. The van der Waals surface area contributed by atoms with Gasteiger partial charge in [-0.05, 0) is 18.8 Å². The van der Waals surface area contributed by atoms with Crippen molar-refractivity contribution in [2.75, 3.05) is 26.3 Å². The number of carbonyl (C=O) groups is 2. The summed E-state index contributed by atoms with van der Waals surface area (Å²) >= 11 is 0. The first kappa shape index (κ1) is 18.7. The van der Waals surface area contributed by atoms with Crippen LogP contribution in [0.3, 0.4) is 0 Å². The van der Waals surface area contributed by atoms with E-state index in [2.05, 4.69) is 33.0 Å². The van der Waals surface area contributed by atoms with Gasteiger partial charge in [0, 0.05) is 19.1 Å². The normalized spacial score (nSPS) is 10.9. The molecular formula is C14H28N2O4. The number of amides is 2. The number of urea groups is 1. The molecule has 0 aromatic carbocycles. The minimum atomic E-state index is -1.00. The predicted molar refractivity (Wildman–Crippen MR) is 77.8 cm³/mol. The van der Waals surface area contributed by atoms with Crippen LogP contribution in [0, 0.1) is 5.92 Å². The topological polar surface area (TPSA) is 78.9 Å². The number of aliphatic carboxylic acids is 1. The van der Waals surface area contributed by atoms with E-state index in [9.17, 15) is 9.59 Å². The Morgan fingerprint density at radius 1 is 1.25 bits per heavy atom. The first-order chi connectivity index (χ1) is 9.42. The molecule has 0 atom stereocenters. The molecule has 0 aliphatic rings. The zero-order valence-electron chi connectivity index (χ0n) is 13.0. The second kappa shape index (κ2) is 10.5.